The van der Waals surface area contributed by atoms with Crippen molar-refractivity contribution in [1.82, 2.24) is 26.1 Å². The van der Waals surface area contributed by atoms with Crippen molar-refractivity contribution in [2.24, 2.45) is 11.3 Å². The van der Waals surface area contributed by atoms with Crippen LogP contribution in [0.25, 0.3) is 17.0 Å². The van der Waals surface area contributed by atoms with E-state index in [9.17, 15) is 19.2 Å². The second-order valence-electron chi connectivity index (χ2n) is 11.7. The maximum Gasteiger partial charge on any atom is 0.316 e. The zero-order valence-electron chi connectivity index (χ0n) is 23.4. The average molecular weight is 548 g/mol. The molecule has 3 amide bonds. The van der Waals surface area contributed by atoms with Gasteiger partial charge in [0.05, 0.1) is 22.7 Å². The number of amides is 3. The highest BCUT2D eigenvalue weighted by Gasteiger charge is 2.42. The molecule has 1 aliphatic carbocycles. The second-order valence-corrected chi connectivity index (χ2v) is 11.7. The van der Waals surface area contributed by atoms with E-state index in [0.717, 1.165) is 29.3 Å². The summed E-state index contributed by atoms with van der Waals surface area (Å²) in [6.07, 6.45) is 5.39. The topological polar surface area (TPSA) is 130 Å². The molecule has 212 valence electrons. The van der Waals surface area contributed by atoms with E-state index in [2.05, 4.69) is 16.1 Å². The summed E-state index contributed by atoms with van der Waals surface area (Å²) in [5, 5.41) is 8.10. The number of hydrazine groups is 1. The summed E-state index contributed by atoms with van der Waals surface area (Å²) in [5.74, 6) is -1.66. The van der Waals surface area contributed by atoms with Gasteiger partial charge in [-0.25, -0.2) is 5.43 Å². The number of aromatic nitrogens is 1. The molecule has 0 spiro atoms. The molecule has 1 aromatic heterocycles. The Labute approximate surface area is 233 Å². The SMILES string of the molecule is C[C@@H]1NC(=O)[C@H](C2CC2)OC(=O)C(C)(C)C=Cc2ccc3ccc(nc3c2)[C@@H](C)NC(=O)[C@@H]2CCCN(N2)C1=O. The molecular formula is C30H37N5O5. The number of fused-ring (bicyclic) bond motifs is 4. The van der Waals surface area contributed by atoms with Crippen LogP contribution >= 0.6 is 0 Å². The van der Waals surface area contributed by atoms with Crippen molar-refractivity contribution < 1.29 is 23.9 Å². The Bertz CT molecular complexity index is 1370. The van der Waals surface area contributed by atoms with E-state index in [4.69, 9.17) is 9.72 Å². The maximum absolute atomic E-state index is 13.2. The lowest BCUT2D eigenvalue weighted by Gasteiger charge is -2.35. The van der Waals surface area contributed by atoms with Gasteiger partial charge in [-0.15, -0.1) is 0 Å². The van der Waals surface area contributed by atoms with E-state index < -0.39 is 35.5 Å². The number of benzene rings is 1. The lowest BCUT2D eigenvalue weighted by atomic mass is 9.92. The van der Waals surface area contributed by atoms with Crippen molar-refractivity contribution in [1.29, 1.82) is 0 Å². The monoisotopic (exact) mass is 547 g/mol. The van der Waals surface area contributed by atoms with E-state index >= 15 is 0 Å². The summed E-state index contributed by atoms with van der Waals surface area (Å²) in [7, 11) is 0. The van der Waals surface area contributed by atoms with E-state index in [0.29, 0.717) is 25.1 Å². The molecule has 2 aliphatic heterocycles. The number of hydrogen-bond donors (Lipinski definition) is 3. The van der Waals surface area contributed by atoms with Crippen LogP contribution < -0.4 is 16.1 Å². The van der Waals surface area contributed by atoms with Gasteiger partial charge in [-0.05, 0) is 71.1 Å². The van der Waals surface area contributed by atoms with Gasteiger partial charge in [-0.1, -0.05) is 30.4 Å². The number of pyridine rings is 1. The summed E-state index contributed by atoms with van der Waals surface area (Å²) in [6.45, 7) is 7.37. The van der Waals surface area contributed by atoms with Gasteiger partial charge in [0.2, 0.25) is 5.91 Å². The zero-order chi connectivity index (χ0) is 28.6. The molecule has 3 heterocycles. The lowest BCUT2D eigenvalue weighted by molar-refractivity contribution is -0.164. The highest BCUT2D eigenvalue weighted by atomic mass is 16.6. The molecule has 10 nitrogen and oxygen atoms in total. The molecule has 5 bridgehead atoms. The quantitative estimate of drug-likeness (QED) is 0.468. The second kappa shape index (κ2) is 11.0. The number of hydrogen-bond acceptors (Lipinski definition) is 7. The summed E-state index contributed by atoms with van der Waals surface area (Å²) in [5.41, 5.74) is 4.37. The number of nitrogens with one attached hydrogen (secondary N) is 3. The first-order valence-electron chi connectivity index (χ1n) is 14.0. The lowest BCUT2D eigenvalue weighted by Crippen LogP contribution is -2.61. The number of carbonyl (C=O) groups excluding carboxylic acids is 4. The van der Waals surface area contributed by atoms with Gasteiger partial charge in [-0.3, -0.25) is 29.2 Å². The molecule has 10 heteroatoms. The van der Waals surface area contributed by atoms with Crippen molar-refractivity contribution >= 4 is 40.7 Å². The fourth-order valence-electron chi connectivity index (χ4n) is 5.01. The predicted octanol–water partition coefficient (Wildman–Crippen LogP) is 2.79. The number of rotatable bonds is 1. The van der Waals surface area contributed by atoms with Crippen LogP contribution in [0.3, 0.4) is 0 Å². The highest BCUT2D eigenvalue weighted by Crippen LogP contribution is 2.36. The molecule has 0 unspecified atom stereocenters. The molecule has 3 N–H and O–H groups in total. The molecule has 2 fully saturated rings. The smallest absolute Gasteiger partial charge is 0.316 e. The van der Waals surface area contributed by atoms with Gasteiger partial charge in [0, 0.05) is 17.8 Å². The third-order valence-corrected chi connectivity index (χ3v) is 7.80. The minimum Gasteiger partial charge on any atom is -0.451 e. The molecule has 40 heavy (non-hydrogen) atoms. The molecule has 1 aromatic carbocycles. The summed E-state index contributed by atoms with van der Waals surface area (Å²) in [4.78, 5) is 57.6. The van der Waals surface area contributed by atoms with E-state index in [1.165, 1.54) is 5.01 Å². The third-order valence-electron chi connectivity index (χ3n) is 7.80. The highest BCUT2D eigenvalue weighted by molar-refractivity contribution is 5.92. The summed E-state index contributed by atoms with van der Waals surface area (Å²) in [6, 6.07) is 7.87. The Hall–Kier alpha value is -3.79. The summed E-state index contributed by atoms with van der Waals surface area (Å²) < 4.78 is 5.76. The number of cyclic esters (lactones) is 1. The van der Waals surface area contributed by atoms with Crippen LogP contribution in [0.5, 0.6) is 0 Å². The molecule has 0 radical (unpaired) electrons. The molecule has 3 aliphatic rings. The standard InChI is InChI=1S/C30H37N5O5/c1-17-22-12-11-20-8-7-19(16-24(20)33-22)13-14-30(3,4)29(39)40-25(21-9-10-21)27(37)32-18(2)28(38)35-15-5-6-23(34-35)26(36)31-17/h7-8,11-14,16-18,21,23,25,34H,5-6,9-10,15H2,1-4H3,(H,31,36)(H,32,37)/t17-,18+,23+,25+/m1/s1. The first-order valence-corrected chi connectivity index (χ1v) is 14.0. The third kappa shape index (κ3) is 6.01. The van der Waals surface area contributed by atoms with Gasteiger partial charge in [0.15, 0.2) is 6.10 Å². The zero-order valence-corrected chi connectivity index (χ0v) is 23.4. The van der Waals surface area contributed by atoms with Gasteiger partial charge in [-0.2, -0.15) is 0 Å². The van der Waals surface area contributed by atoms with E-state index in [1.54, 1.807) is 26.8 Å². The minimum absolute atomic E-state index is 0.0726. The Kier molecular flexibility index (Phi) is 7.63. The number of carbonyl (C=O) groups is 4. The first-order chi connectivity index (χ1) is 19.0. The number of ether oxygens (including phenoxy) is 1. The average Bonchev–Trinajstić information content (AvgIpc) is 3.78. The number of nitrogens with zero attached hydrogens (tertiary/aromatic N) is 2. The van der Waals surface area contributed by atoms with E-state index in [-0.39, 0.29) is 23.8 Å². The molecule has 4 atom stereocenters. The fraction of sp³-hybridized carbons (Fsp3) is 0.500. The molecule has 1 saturated heterocycles. The normalized spacial score (nSPS) is 28.1. The largest absolute Gasteiger partial charge is 0.451 e. The van der Waals surface area contributed by atoms with Crippen LogP contribution in [-0.4, -0.2) is 58.4 Å². The van der Waals surface area contributed by atoms with Crippen molar-refractivity contribution in [3.8, 4) is 0 Å². The van der Waals surface area contributed by atoms with Crippen molar-refractivity contribution in [2.45, 2.75) is 77.6 Å². The fourth-order valence-corrected chi connectivity index (χ4v) is 5.01. The van der Waals surface area contributed by atoms with Crippen LogP contribution in [0.15, 0.2) is 36.4 Å². The van der Waals surface area contributed by atoms with Crippen molar-refractivity contribution in [3.05, 3.63) is 47.7 Å². The van der Waals surface area contributed by atoms with E-state index in [1.807, 2.05) is 43.3 Å². The van der Waals surface area contributed by atoms with Gasteiger partial charge < -0.3 is 15.4 Å². The maximum atomic E-state index is 13.2. The molecule has 1 saturated carbocycles. The van der Waals surface area contributed by atoms with Crippen molar-refractivity contribution in [3.63, 3.8) is 0 Å². The predicted molar refractivity (Wildman–Crippen MR) is 149 cm³/mol. The Balaban J connectivity index is 1.48. The Morgan fingerprint density at radius 1 is 0.950 bits per heavy atom. The van der Waals surface area contributed by atoms with Gasteiger partial charge >= 0.3 is 5.97 Å². The van der Waals surface area contributed by atoms with Crippen molar-refractivity contribution in [2.75, 3.05) is 6.54 Å². The Morgan fingerprint density at radius 3 is 2.42 bits per heavy atom. The number of esters is 1. The Morgan fingerprint density at radius 2 is 1.68 bits per heavy atom. The summed E-state index contributed by atoms with van der Waals surface area (Å²) >= 11 is 0. The van der Waals surface area contributed by atoms with Gasteiger partial charge in [0.1, 0.15) is 12.1 Å². The molecule has 5 rings (SSSR count). The van der Waals surface area contributed by atoms with Crippen LogP contribution in [-0.2, 0) is 23.9 Å². The molecular weight excluding hydrogens is 510 g/mol. The minimum atomic E-state index is -0.997. The van der Waals surface area contributed by atoms with Gasteiger partial charge in [0.25, 0.3) is 11.8 Å². The molecule has 2 aromatic rings. The van der Waals surface area contributed by atoms with Crippen LogP contribution in [0.1, 0.15) is 70.7 Å². The van der Waals surface area contributed by atoms with Crippen LogP contribution in [0.2, 0.25) is 0 Å². The first kappa shape index (κ1) is 27.8. The van der Waals surface area contributed by atoms with Crippen LogP contribution in [0.4, 0.5) is 0 Å². The van der Waals surface area contributed by atoms with Crippen LogP contribution in [0, 0.1) is 11.3 Å².